The molecule has 0 aliphatic heterocycles. The molecular weight excluding hydrogens is 224 g/mol. The fourth-order valence-electron chi connectivity index (χ4n) is 2.08. The number of hydrogen-bond acceptors (Lipinski definition) is 2. The van der Waals surface area contributed by atoms with Gasteiger partial charge in [0.25, 0.3) is 0 Å². The number of methoxy groups -OCH3 is 2. The van der Waals surface area contributed by atoms with Crippen LogP contribution in [0.3, 0.4) is 0 Å². The van der Waals surface area contributed by atoms with Gasteiger partial charge in [0.2, 0.25) is 0 Å². The second-order valence-electron chi connectivity index (χ2n) is 4.23. The van der Waals surface area contributed by atoms with Gasteiger partial charge in [-0.1, -0.05) is 12.1 Å². The van der Waals surface area contributed by atoms with Gasteiger partial charge in [-0.3, -0.25) is 0 Å². The lowest BCUT2D eigenvalue weighted by Gasteiger charge is -2.13. The van der Waals surface area contributed by atoms with E-state index in [4.69, 9.17) is 9.47 Å². The maximum absolute atomic E-state index is 5.32. The SMILES string of the molecule is COc1ccc(C)c(-c2cc[c]c(OC)c2C)c1. The van der Waals surface area contributed by atoms with Crippen LogP contribution in [0.1, 0.15) is 11.1 Å². The third kappa shape index (κ3) is 2.19. The van der Waals surface area contributed by atoms with Gasteiger partial charge in [0.05, 0.1) is 14.2 Å². The molecule has 0 amide bonds. The van der Waals surface area contributed by atoms with Crippen LogP contribution in [0.2, 0.25) is 0 Å². The Morgan fingerprint density at radius 3 is 2.39 bits per heavy atom. The van der Waals surface area contributed by atoms with Crippen molar-refractivity contribution >= 4 is 0 Å². The number of benzene rings is 2. The summed E-state index contributed by atoms with van der Waals surface area (Å²) in [5.41, 5.74) is 4.63. The highest BCUT2D eigenvalue weighted by Gasteiger charge is 2.09. The maximum Gasteiger partial charge on any atom is 0.130 e. The zero-order chi connectivity index (χ0) is 13.1. The molecule has 0 saturated heterocycles. The minimum Gasteiger partial charge on any atom is -0.497 e. The fourth-order valence-corrected chi connectivity index (χ4v) is 2.08. The number of hydrogen-bond donors (Lipinski definition) is 0. The summed E-state index contributed by atoms with van der Waals surface area (Å²) >= 11 is 0. The molecule has 2 aromatic rings. The van der Waals surface area contributed by atoms with E-state index in [0.717, 1.165) is 22.6 Å². The van der Waals surface area contributed by atoms with Crippen molar-refractivity contribution in [2.45, 2.75) is 13.8 Å². The fraction of sp³-hybridized carbons (Fsp3) is 0.250. The second kappa shape index (κ2) is 5.13. The van der Waals surface area contributed by atoms with Gasteiger partial charge in [-0.25, -0.2) is 0 Å². The van der Waals surface area contributed by atoms with Crippen molar-refractivity contribution < 1.29 is 9.47 Å². The number of aryl methyl sites for hydroxylation is 1. The molecule has 18 heavy (non-hydrogen) atoms. The van der Waals surface area contributed by atoms with E-state index < -0.39 is 0 Å². The number of ether oxygens (including phenoxy) is 2. The summed E-state index contributed by atoms with van der Waals surface area (Å²) in [6.45, 7) is 4.14. The molecule has 2 rings (SSSR count). The van der Waals surface area contributed by atoms with E-state index in [2.05, 4.69) is 31.2 Å². The molecule has 0 fully saturated rings. The van der Waals surface area contributed by atoms with Crippen LogP contribution in [0.25, 0.3) is 11.1 Å². The second-order valence-corrected chi connectivity index (χ2v) is 4.23. The smallest absolute Gasteiger partial charge is 0.130 e. The first kappa shape index (κ1) is 12.5. The summed E-state index contributed by atoms with van der Waals surface area (Å²) in [5, 5.41) is 0. The van der Waals surface area contributed by atoms with Crippen molar-refractivity contribution in [1.82, 2.24) is 0 Å². The summed E-state index contributed by atoms with van der Waals surface area (Å²) in [6.07, 6.45) is 0. The average molecular weight is 241 g/mol. The van der Waals surface area contributed by atoms with E-state index in [-0.39, 0.29) is 0 Å². The standard InChI is InChI=1S/C16H17O2/c1-11-8-9-13(17-3)10-15(11)14-6-5-7-16(18-4)12(14)2/h5-6,8-10H,1-4H3. The molecule has 0 aliphatic rings. The summed E-state index contributed by atoms with van der Waals surface area (Å²) < 4.78 is 10.6. The summed E-state index contributed by atoms with van der Waals surface area (Å²) in [6, 6.07) is 13.1. The molecule has 2 heteroatoms. The van der Waals surface area contributed by atoms with Crippen LogP contribution in [0, 0.1) is 19.9 Å². The lowest BCUT2D eigenvalue weighted by Crippen LogP contribution is -1.93. The maximum atomic E-state index is 5.32. The van der Waals surface area contributed by atoms with Gasteiger partial charge >= 0.3 is 0 Å². The zero-order valence-electron chi connectivity index (χ0n) is 11.2. The van der Waals surface area contributed by atoms with Gasteiger partial charge in [-0.05, 0) is 54.3 Å². The highest BCUT2D eigenvalue weighted by atomic mass is 16.5. The van der Waals surface area contributed by atoms with E-state index in [0.29, 0.717) is 0 Å². The molecule has 0 heterocycles. The van der Waals surface area contributed by atoms with E-state index in [1.807, 2.05) is 19.1 Å². The third-order valence-corrected chi connectivity index (χ3v) is 3.15. The topological polar surface area (TPSA) is 18.5 Å². The minimum atomic E-state index is 0.787. The van der Waals surface area contributed by atoms with Crippen LogP contribution in [0.4, 0.5) is 0 Å². The highest BCUT2D eigenvalue weighted by Crippen LogP contribution is 2.33. The average Bonchev–Trinajstić information content (AvgIpc) is 2.40. The van der Waals surface area contributed by atoms with Crippen molar-refractivity contribution in [1.29, 1.82) is 0 Å². The summed E-state index contributed by atoms with van der Waals surface area (Å²) in [7, 11) is 3.35. The molecule has 93 valence electrons. The first-order valence-electron chi connectivity index (χ1n) is 5.87. The van der Waals surface area contributed by atoms with Crippen molar-refractivity contribution in [3.63, 3.8) is 0 Å². The molecule has 0 spiro atoms. The van der Waals surface area contributed by atoms with Gasteiger partial charge in [-0.2, -0.15) is 0 Å². The third-order valence-electron chi connectivity index (χ3n) is 3.15. The number of rotatable bonds is 3. The van der Waals surface area contributed by atoms with Gasteiger partial charge in [0.1, 0.15) is 11.5 Å². The molecular formula is C16H17O2. The zero-order valence-corrected chi connectivity index (χ0v) is 11.2. The Balaban J connectivity index is 2.61. The molecule has 2 aromatic carbocycles. The summed E-state index contributed by atoms with van der Waals surface area (Å²) in [4.78, 5) is 0. The van der Waals surface area contributed by atoms with Crippen LogP contribution in [-0.4, -0.2) is 14.2 Å². The Labute approximate surface area is 108 Å². The molecule has 1 radical (unpaired) electrons. The Bertz CT molecular complexity index is 559. The van der Waals surface area contributed by atoms with Crippen molar-refractivity contribution in [2.75, 3.05) is 14.2 Å². The molecule has 0 N–H and O–H groups in total. The predicted octanol–water partition coefficient (Wildman–Crippen LogP) is 3.79. The minimum absolute atomic E-state index is 0.787. The Morgan fingerprint density at radius 1 is 0.944 bits per heavy atom. The van der Waals surface area contributed by atoms with Gasteiger partial charge in [0, 0.05) is 6.07 Å². The molecule has 0 aromatic heterocycles. The summed E-state index contributed by atoms with van der Waals surface area (Å²) in [5.74, 6) is 1.65. The quantitative estimate of drug-likeness (QED) is 0.814. The van der Waals surface area contributed by atoms with Crippen molar-refractivity contribution in [3.05, 3.63) is 47.5 Å². The molecule has 0 aliphatic carbocycles. The first-order chi connectivity index (χ1) is 8.67. The Morgan fingerprint density at radius 2 is 1.72 bits per heavy atom. The largest absolute Gasteiger partial charge is 0.497 e. The van der Waals surface area contributed by atoms with Crippen LogP contribution < -0.4 is 9.47 Å². The molecule has 2 nitrogen and oxygen atoms in total. The van der Waals surface area contributed by atoms with Crippen molar-refractivity contribution in [3.8, 4) is 22.6 Å². The van der Waals surface area contributed by atoms with E-state index in [9.17, 15) is 0 Å². The Hall–Kier alpha value is -1.96. The van der Waals surface area contributed by atoms with E-state index in [1.54, 1.807) is 14.2 Å². The van der Waals surface area contributed by atoms with Crippen LogP contribution >= 0.6 is 0 Å². The Kier molecular flexibility index (Phi) is 3.56. The van der Waals surface area contributed by atoms with Crippen molar-refractivity contribution in [2.24, 2.45) is 0 Å². The first-order valence-corrected chi connectivity index (χ1v) is 5.87. The normalized spacial score (nSPS) is 10.2. The van der Waals surface area contributed by atoms with Crippen LogP contribution in [0.15, 0.2) is 30.3 Å². The highest BCUT2D eigenvalue weighted by molar-refractivity contribution is 5.73. The monoisotopic (exact) mass is 241 g/mol. The van der Waals surface area contributed by atoms with Crippen LogP contribution in [-0.2, 0) is 0 Å². The van der Waals surface area contributed by atoms with Crippen LogP contribution in [0.5, 0.6) is 11.5 Å². The molecule has 0 saturated carbocycles. The van der Waals surface area contributed by atoms with E-state index in [1.165, 1.54) is 11.1 Å². The van der Waals surface area contributed by atoms with E-state index >= 15 is 0 Å². The molecule has 0 unspecified atom stereocenters. The predicted molar refractivity (Wildman–Crippen MR) is 73.3 cm³/mol. The van der Waals surface area contributed by atoms with Gasteiger partial charge in [0.15, 0.2) is 0 Å². The molecule has 0 bridgehead atoms. The van der Waals surface area contributed by atoms with Gasteiger partial charge in [-0.15, -0.1) is 0 Å². The van der Waals surface area contributed by atoms with Gasteiger partial charge < -0.3 is 9.47 Å². The molecule has 0 atom stereocenters. The lowest BCUT2D eigenvalue weighted by molar-refractivity contribution is 0.411. The lowest BCUT2D eigenvalue weighted by atomic mass is 9.96.